The van der Waals surface area contributed by atoms with Crippen molar-refractivity contribution in [2.45, 2.75) is 32.6 Å². The maximum atomic E-state index is 9.77. The van der Waals surface area contributed by atoms with Crippen LogP contribution in [0.15, 0.2) is 11.8 Å². The van der Waals surface area contributed by atoms with Crippen LogP contribution >= 0.6 is 0 Å². The van der Waals surface area contributed by atoms with E-state index >= 15 is 0 Å². The van der Waals surface area contributed by atoms with Gasteiger partial charge in [0.25, 0.3) is 0 Å². The van der Waals surface area contributed by atoms with Gasteiger partial charge >= 0.3 is 0 Å². The summed E-state index contributed by atoms with van der Waals surface area (Å²) < 4.78 is 0. The maximum absolute atomic E-state index is 9.77. The number of rotatable bonds is 5. The molecule has 0 aromatic carbocycles. The predicted octanol–water partition coefficient (Wildman–Crippen LogP) is 1.52. The normalized spacial score (nSPS) is 11.5. The van der Waals surface area contributed by atoms with Crippen LogP contribution in [0.2, 0.25) is 0 Å². The number of unbranched alkanes of at least 4 members (excludes halogenated alkanes) is 2. The van der Waals surface area contributed by atoms with Crippen molar-refractivity contribution in [1.82, 2.24) is 0 Å². The molecule has 10 heavy (non-hydrogen) atoms. The highest BCUT2D eigenvalue weighted by Gasteiger charge is 1.89. The summed E-state index contributed by atoms with van der Waals surface area (Å²) >= 11 is 0. The lowest BCUT2D eigenvalue weighted by Crippen LogP contribution is -1.96. The monoisotopic (exact) mass is 140 g/mol. The summed E-state index contributed by atoms with van der Waals surface area (Å²) in [4.78, 5) is 9.77. The highest BCUT2D eigenvalue weighted by molar-refractivity contribution is 5.66. The Labute approximate surface area is 62.1 Å². The van der Waals surface area contributed by atoms with Gasteiger partial charge in [0, 0.05) is 11.8 Å². The van der Waals surface area contributed by atoms with Gasteiger partial charge in [-0.15, -0.1) is 0 Å². The Morgan fingerprint density at radius 1 is 1.60 bits per heavy atom. The third kappa shape index (κ3) is 5.35. The molecule has 0 aliphatic carbocycles. The van der Waals surface area contributed by atoms with E-state index in [1.807, 2.05) is 0 Å². The van der Waals surface area contributed by atoms with Crippen LogP contribution in [0.5, 0.6) is 0 Å². The molecule has 0 unspecified atom stereocenters. The summed E-state index contributed by atoms with van der Waals surface area (Å²) in [5.74, 6) is 0. The van der Waals surface area contributed by atoms with E-state index in [1.54, 1.807) is 6.29 Å². The molecule has 0 rings (SSSR count). The summed E-state index contributed by atoms with van der Waals surface area (Å²) in [5, 5.41) is 0. The fourth-order valence-corrected chi connectivity index (χ4v) is 0.727. The van der Waals surface area contributed by atoms with Gasteiger partial charge in [-0.2, -0.15) is 0 Å². The SMILES string of the molecule is CCCCC/C(N)=C/[C]=O. The second kappa shape index (κ2) is 6.33. The molecule has 0 spiro atoms. The molecular weight excluding hydrogens is 126 g/mol. The number of hydrogen-bond donors (Lipinski definition) is 1. The number of carbonyl (C=O) groups excluding carboxylic acids is 1. The highest BCUT2D eigenvalue weighted by atomic mass is 16.1. The fourth-order valence-electron chi connectivity index (χ4n) is 0.727. The van der Waals surface area contributed by atoms with Gasteiger partial charge in [0.2, 0.25) is 6.29 Å². The topological polar surface area (TPSA) is 43.1 Å². The zero-order valence-electron chi connectivity index (χ0n) is 6.39. The maximum Gasteiger partial charge on any atom is 0.227 e. The quantitative estimate of drug-likeness (QED) is 0.464. The third-order valence-electron chi connectivity index (χ3n) is 1.31. The average Bonchev–Trinajstić information content (AvgIpc) is 1.89. The van der Waals surface area contributed by atoms with E-state index in [9.17, 15) is 4.79 Å². The van der Waals surface area contributed by atoms with E-state index in [1.165, 1.54) is 18.9 Å². The van der Waals surface area contributed by atoms with Gasteiger partial charge in [-0.3, -0.25) is 4.79 Å². The van der Waals surface area contributed by atoms with Gasteiger partial charge in [0.1, 0.15) is 0 Å². The molecule has 0 saturated carbocycles. The number of nitrogens with two attached hydrogens (primary N) is 1. The van der Waals surface area contributed by atoms with Crippen LogP contribution in [0.4, 0.5) is 0 Å². The van der Waals surface area contributed by atoms with Crippen LogP contribution in [0, 0.1) is 0 Å². The minimum Gasteiger partial charge on any atom is -0.402 e. The molecule has 2 heteroatoms. The Balaban J connectivity index is 3.29. The van der Waals surface area contributed by atoms with Crippen LogP contribution in [-0.2, 0) is 4.79 Å². The van der Waals surface area contributed by atoms with Crippen molar-refractivity contribution in [3.05, 3.63) is 11.8 Å². The molecule has 0 heterocycles. The minimum absolute atomic E-state index is 0.642. The molecule has 0 aliphatic rings. The standard InChI is InChI=1S/C8H14NO/c1-2-3-4-5-8(9)6-7-10/h6H,2-5,9H2,1H3/b8-6-. The van der Waals surface area contributed by atoms with Crippen LogP contribution in [-0.4, -0.2) is 6.29 Å². The van der Waals surface area contributed by atoms with Gasteiger partial charge in [-0.1, -0.05) is 19.8 Å². The van der Waals surface area contributed by atoms with Crippen LogP contribution in [0.3, 0.4) is 0 Å². The summed E-state index contributed by atoms with van der Waals surface area (Å²) in [6, 6.07) is 0. The van der Waals surface area contributed by atoms with E-state index in [0.717, 1.165) is 12.8 Å². The molecule has 0 aromatic heterocycles. The molecule has 0 aromatic rings. The van der Waals surface area contributed by atoms with Gasteiger partial charge in [0.05, 0.1) is 0 Å². The van der Waals surface area contributed by atoms with Crippen molar-refractivity contribution in [2.24, 2.45) is 5.73 Å². The molecule has 2 nitrogen and oxygen atoms in total. The van der Waals surface area contributed by atoms with Crippen molar-refractivity contribution >= 4 is 6.29 Å². The van der Waals surface area contributed by atoms with E-state index < -0.39 is 0 Å². The zero-order chi connectivity index (χ0) is 7.82. The zero-order valence-corrected chi connectivity index (χ0v) is 6.39. The van der Waals surface area contributed by atoms with Crippen LogP contribution in [0.1, 0.15) is 32.6 Å². The first-order valence-electron chi connectivity index (χ1n) is 3.63. The largest absolute Gasteiger partial charge is 0.402 e. The smallest absolute Gasteiger partial charge is 0.227 e. The highest BCUT2D eigenvalue weighted by Crippen LogP contribution is 2.02. The van der Waals surface area contributed by atoms with Crippen molar-refractivity contribution < 1.29 is 4.79 Å². The lowest BCUT2D eigenvalue weighted by Gasteiger charge is -1.96. The Hall–Kier alpha value is -0.790. The van der Waals surface area contributed by atoms with Gasteiger partial charge in [-0.25, -0.2) is 0 Å². The average molecular weight is 140 g/mol. The van der Waals surface area contributed by atoms with Gasteiger partial charge in [-0.05, 0) is 12.8 Å². The fraction of sp³-hybridized carbons (Fsp3) is 0.625. The Bertz CT molecular complexity index is 118. The Morgan fingerprint density at radius 2 is 2.30 bits per heavy atom. The molecule has 2 N–H and O–H groups in total. The molecule has 0 atom stereocenters. The molecule has 0 saturated heterocycles. The number of allylic oxidation sites excluding steroid dienone is 2. The van der Waals surface area contributed by atoms with E-state index in [2.05, 4.69) is 6.92 Å². The van der Waals surface area contributed by atoms with E-state index in [4.69, 9.17) is 5.73 Å². The van der Waals surface area contributed by atoms with E-state index in [0.29, 0.717) is 5.70 Å². The Kier molecular flexibility index (Phi) is 5.83. The second-order valence-corrected chi connectivity index (χ2v) is 2.29. The third-order valence-corrected chi connectivity index (χ3v) is 1.31. The summed E-state index contributed by atoms with van der Waals surface area (Å²) in [6.45, 7) is 2.13. The van der Waals surface area contributed by atoms with Crippen LogP contribution < -0.4 is 5.73 Å². The molecule has 1 radical (unpaired) electrons. The molecule has 57 valence electrons. The molecule has 0 aliphatic heterocycles. The summed E-state index contributed by atoms with van der Waals surface area (Å²) in [7, 11) is 0. The number of hydrogen-bond acceptors (Lipinski definition) is 2. The van der Waals surface area contributed by atoms with Crippen molar-refractivity contribution in [3.8, 4) is 0 Å². The molecule has 0 fully saturated rings. The lowest BCUT2D eigenvalue weighted by atomic mass is 10.1. The van der Waals surface area contributed by atoms with Gasteiger partial charge in [0.15, 0.2) is 0 Å². The van der Waals surface area contributed by atoms with Crippen molar-refractivity contribution in [3.63, 3.8) is 0 Å². The van der Waals surface area contributed by atoms with Crippen molar-refractivity contribution in [2.75, 3.05) is 0 Å². The summed E-state index contributed by atoms with van der Waals surface area (Å²) in [5.41, 5.74) is 6.07. The summed E-state index contributed by atoms with van der Waals surface area (Å²) in [6.07, 6.45) is 7.20. The Morgan fingerprint density at radius 3 is 2.80 bits per heavy atom. The van der Waals surface area contributed by atoms with E-state index in [-0.39, 0.29) is 0 Å². The van der Waals surface area contributed by atoms with Gasteiger partial charge < -0.3 is 5.73 Å². The predicted molar refractivity (Wildman–Crippen MR) is 42.1 cm³/mol. The lowest BCUT2D eigenvalue weighted by molar-refractivity contribution is 0.563. The first-order valence-corrected chi connectivity index (χ1v) is 3.63. The molecule has 0 bridgehead atoms. The molecule has 0 amide bonds. The first-order chi connectivity index (χ1) is 4.81. The second-order valence-electron chi connectivity index (χ2n) is 2.29. The van der Waals surface area contributed by atoms with Crippen LogP contribution in [0.25, 0.3) is 0 Å². The molecular formula is C8H14NO. The first kappa shape index (κ1) is 9.21. The minimum atomic E-state index is 0.642. The van der Waals surface area contributed by atoms with Crippen molar-refractivity contribution in [1.29, 1.82) is 0 Å².